The van der Waals surface area contributed by atoms with Crippen molar-refractivity contribution in [3.05, 3.63) is 24.3 Å². The fourth-order valence-electron chi connectivity index (χ4n) is 2.26. The van der Waals surface area contributed by atoms with Crippen molar-refractivity contribution in [3.63, 3.8) is 0 Å². The Morgan fingerprint density at radius 2 is 1.65 bits per heavy atom. The Morgan fingerprint density at radius 3 is 2.20 bits per heavy atom. The van der Waals surface area contributed by atoms with Crippen LogP contribution in [-0.4, -0.2) is 26.7 Å². The van der Waals surface area contributed by atoms with Gasteiger partial charge >= 0.3 is 6.03 Å². The second-order valence-electron chi connectivity index (χ2n) is 5.03. The first kappa shape index (κ1) is 14.6. The number of sulfonamides is 1. The number of amides is 2. The van der Waals surface area contributed by atoms with E-state index in [4.69, 9.17) is 0 Å². The predicted octanol–water partition coefficient (Wildman–Crippen LogP) is 2.12. The van der Waals surface area contributed by atoms with Crippen LogP contribution in [-0.2, 0) is 10.0 Å². The molecule has 3 N–H and O–H groups in total. The van der Waals surface area contributed by atoms with Gasteiger partial charge in [0.15, 0.2) is 0 Å². The monoisotopic (exact) mass is 297 g/mol. The van der Waals surface area contributed by atoms with Gasteiger partial charge in [0.25, 0.3) is 0 Å². The molecule has 0 atom stereocenters. The molecule has 1 aromatic carbocycles. The molecule has 0 bridgehead atoms. The molecule has 0 saturated heterocycles. The van der Waals surface area contributed by atoms with Crippen molar-refractivity contribution in [3.8, 4) is 0 Å². The molecule has 7 heteroatoms. The number of hydrogen-bond acceptors (Lipinski definition) is 3. The molecule has 1 fully saturated rings. The van der Waals surface area contributed by atoms with Gasteiger partial charge < -0.3 is 10.6 Å². The molecule has 1 aromatic rings. The third-order valence-electron chi connectivity index (χ3n) is 3.14. The third-order valence-corrected chi connectivity index (χ3v) is 3.74. The molecule has 1 saturated carbocycles. The summed E-state index contributed by atoms with van der Waals surface area (Å²) in [5.74, 6) is 0. The summed E-state index contributed by atoms with van der Waals surface area (Å²) >= 11 is 0. The van der Waals surface area contributed by atoms with E-state index in [1.54, 1.807) is 24.3 Å². The highest BCUT2D eigenvalue weighted by atomic mass is 32.2. The summed E-state index contributed by atoms with van der Waals surface area (Å²) in [6, 6.07) is 6.56. The number of urea groups is 1. The molecular formula is C13H19N3O3S. The van der Waals surface area contributed by atoms with Gasteiger partial charge in [0.05, 0.1) is 6.26 Å². The van der Waals surface area contributed by atoms with E-state index in [0.29, 0.717) is 11.4 Å². The zero-order valence-corrected chi connectivity index (χ0v) is 12.2. The Labute approximate surface area is 119 Å². The molecule has 0 aromatic heterocycles. The SMILES string of the molecule is CS(=O)(=O)Nc1ccc(NC(=O)NC2CCCC2)cc1. The van der Waals surface area contributed by atoms with Crippen molar-refractivity contribution < 1.29 is 13.2 Å². The van der Waals surface area contributed by atoms with Crippen LogP contribution in [0.25, 0.3) is 0 Å². The Balaban J connectivity index is 1.88. The lowest BCUT2D eigenvalue weighted by atomic mass is 10.2. The van der Waals surface area contributed by atoms with E-state index in [1.165, 1.54) is 0 Å². The molecule has 110 valence electrons. The van der Waals surface area contributed by atoms with E-state index in [2.05, 4.69) is 15.4 Å². The largest absolute Gasteiger partial charge is 0.335 e. The average molecular weight is 297 g/mol. The van der Waals surface area contributed by atoms with Gasteiger partial charge in [-0.15, -0.1) is 0 Å². The smallest absolute Gasteiger partial charge is 0.319 e. The molecule has 0 spiro atoms. The summed E-state index contributed by atoms with van der Waals surface area (Å²) < 4.78 is 24.5. The van der Waals surface area contributed by atoms with Gasteiger partial charge in [0, 0.05) is 17.4 Å². The van der Waals surface area contributed by atoms with E-state index < -0.39 is 10.0 Å². The molecule has 2 amide bonds. The van der Waals surface area contributed by atoms with Gasteiger partial charge in [-0.3, -0.25) is 4.72 Å². The normalized spacial score (nSPS) is 15.8. The number of benzene rings is 1. The molecule has 0 radical (unpaired) electrons. The van der Waals surface area contributed by atoms with Crippen LogP contribution in [0.4, 0.5) is 16.2 Å². The van der Waals surface area contributed by atoms with Gasteiger partial charge in [-0.25, -0.2) is 13.2 Å². The van der Waals surface area contributed by atoms with Crippen LogP contribution in [0.5, 0.6) is 0 Å². The number of rotatable bonds is 4. The van der Waals surface area contributed by atoms with Crippen LogP contribution in [0, 0.1) is 0 Å². The minimum absolute atomic E-state index is 0.222. The number of hydrogen-bond donors (Lipinski definition) is 3. The van der Waals surface area contributed by atoms with Gasteiger partial charge in [0.1, 0.15) is 0 Å². The van der Waals surface area contributed by atoms with E-state index in [9.17, 15) is 13.2 Å². The van der Waals surface area contributed by atoms with Crippen LogP contribution < -0.4 is 15.4 Å². The number of carbonyl (C=O) groups is 1. The lowest BCUT2D eigenvalue weighted by molar-refractivity contribution is 0.248. The minimum Gasteiger partial charge on any atom is -0.335 e. The summed E-state index contributed by atoms with van der Waals surface area (Å²) in [7, 11) is -3.28. The second kappa shape index (κ2) is 6.13. The first-order valence-corrected chi connectivity index (χ1v) is 8.47. The standard InChI is InChI=1S/C13H19N3O3S/c1-20(18,19)16-12-8-6-11(7-9-12)15-13(17)14-10-4-2-3-5-10/h6-10,16H,2-5H2,1H3,(H2,14,15,17). The van der Waals surface area contributed by atoms with Crippen LogP contribution in [0.3, 0.4) is 0 Å². The maximum atomic E-state index is 11.7. The molecule has 6 nitrogen and oxygen atoms in total. The van der Waals surface area contributed by atoms with E-state index in [1.807, 2.05) is 0 Å². The van der Waals surface area contributed by atoms with Crippen LogP contribution in [0.1, 0.15) is 25.7 Å². The fourth-order valence-corrected chi connectivity index (χ4v) is 2.82. The summed E-state index contributed by atoms with van der Waals surface area (Å²) in [4.78, 5) is 11.7. The summed E-state index contributed by atoms with van der Waals surface area (Å²) in [6.45, 7) is 0. The molecule has 20 heavy (non-hydrogen) atoms. The zero-order chi connectivity index (χ0) is 14.6. The van der Waals surface area contributed by atoms with Crippen LogP contribution in [0.2, 0.25) is 0 Å². The quantitative estimate of drug-likeness (QED) is 0.795. The van der Waals surface area contributed by atoms with Gasteiger partial charge in [-0.2, -0.15) is 0 Å². The Hall–Kier alpha value is -1.76. The van der Waals surface area contributed by atoms with Crippen molar-refractivity contribution in [1.82, 2.24) is 5.32 Å². The molecule has 0 heterocycles. The maximum absolute atomic E-state index is 11.7. The molecule has 0 aliphatic heterocycles. The zero-order valence-electron chi connectivity index (χ0n) is 11.3. The van der Waals surface area contributed by atoms with Crippen molar-refractivity contribution >= 4 is 27.4 Å². The minimum atomic E-state index is -3.28. The number of carbonyl (C=O) groups excluding carboxylic acids is 1. The maximum Gasteiger partial charge on any atom is 0.319 e. The van der Waals surface area contributed by atoms with Crippen molar-refractivity contribution in [2.24, 2.45) is 0 Å². The Kier molecular flexibility index (Phi) is 4.49. The molecular weight excluding hydrogens is 278 g/mol. The van der Waals surface area contributed by atoms with Crippen LogP contribution in [0.15, 0.2) is 24.3 Å². The second-order valence-corrected chi connectivity index (χ2v) is 6.78. The fraction of sp³-hybridized carbons (Fsp3) is 0.462. The number of anilines is 2. The topological polar surface area (TPSA) is 87.3 Å². The van der Waals surface area contributed by atoms with Crippen molar-refractivity contribution in [2.45, 2.75) is 31.7 Å². The van der Waals surface area contributed by atoms with Crippen molar-refractivity contribution in [2.75, 3.05) is 16.3 Å². The third kappa shape index (κ3) is 4.73. The highest BCUT2D eigenvalue weighted by molar-refractivity contribution is 7.92. The molecule has 2 rings (SSSR count). The lowest BCUT2D eigenvalue weighted by Gasteiger charge is -2.13. The number of nitrogens with one attached hydrogen (secondary N) is 3. The first-order chi connectivity index (χ1) is 9.42. The van der Waals surface area contributed by atoms with Gasteiger partial charge in [-0.1, -0.05) is 12.8 Å². The Morgan fingerprint density at radius 1 is 1.10 bits per heavy atom. The molecule has 1 aliphatic rings. The summed E-state index contributed by atoms with van der Waals surface area (Å²) in [6.07, 6.45) is 5.48. The molecule has 1 aliphatic carbocycles. The van der Waals surface area contributed by atoms with E-state index >= 15 is 0 Å². The highest BCUT2D eigenvalue weighted by Gasteiger charge is 2.16. The molecule has 0 unspecified atom stereocenters. The predicted molar refractivity (Wildman–Crippen MR) is 79.3 cm³/mol. The Bertz CT molecular complexity index is 563. The van der Waals surface area contributed by atoms with Crippen LogP contribution >= 0.6 is 0 Å². The van der Waals surface area contributed by atoms with Gasteiger partial charge in [-0.05, 0) is 37.1 Å². The summed E-state index contributed by atoms with van der Waals surface area (Å²) in [5, 5.41) is 5.65. The summed E-state index contributed by atoms with van der Waals surface area (Å²) in [5.41, 5.74) is 1.09. The van der Waals surface area contributed by atoms with Gasteiger partial charge in [0.2, 0.25) is 10.0 Å². The first-order valence-electron chi connectivity index (χ1n) is 6.58. The average Bonchev–Trinajstić information content (AvgIpc) is 2.82. The van der Waals surface area contributed by atoms with E-state index in [-0.39, 0.29) is 12.1 Å². The highest BCUT2D eigenvalue weighted by Crippen LogP contribution is 2.18. The van der Waals surface area contributed by atoms with Crippen molar-refractivity contribution in [1.29, 1.82) is 0 Å². The lowest BCUT2D eigenvalue weighted by Crippen LogP contribution is -2.36. The van der Waals surface area contributed by atoms with E-state index in [0.717, 1.165) is 31.9 Å².